The van der Waals surface area contributed by atoms with Crippen molar-refractivity contribution in [3.05, 3.63) is 59.3 Å². The van der Waals surface area contributed by atoms with Crippen molar-refractivity contribution in [2.75, 3.05) is 0 Å². The van der Waals surface area contributed by atoms with Gasteiger partial charge in [0, 0.05) is 0 Å². The second kappa shape index (κ2) is 4.63. The van der Waals surface area contributed by atoms with Gasteiger partial charge >= 0.3 is 0 Å². The van der Waals surface area contributed by atoms with Gasteiger partial charge in [-0.2, -0.15) is 0 Å². The van der Waals surface area contributed by atoms with E-state index < -0.39 is 5.41 Å². The number of hydrazine groups is 1. The Labute approximate surface area is 117 Å². The second-order valence-electron chi connectivity index (χ2n) is 5.27. The normalized spacial score (nSPS) is 25.6. The lowest BCUT2D eigenvalue weighted by Crippen LogP contribution is -2.54. The second-order valence-corrected chi connectivity index (χ2v) is 5.27. The molecule has 1 heterocycles. The van der Waals surface area contributed by atoms with Crippen molar-refractivity contribution in [2.24, 2.45) is 0 Å². The molecular weight excluding hydrogens is 252 g/mol. The molecule has 1 aliphatic carbocycles. The van der Waals surface area contributed by atoms with Gasteiger partial charge in [-0.25, -0.2) is 0 Å². The van der Waals surface area contributed by atoms with E-state index in [9.17, 15) is 9.59 Å². The summed E-state index contributed by atoms with van der Waals surface area (Å²) in [6.07, 6.45) is 5.29. The maximum Gasteiger partial charge on any atom is 0.256 e. The Balaban J connectivity index is 2.13. The molecular formula is C16H16N2O2. The van der Waals surface area contributed by atoms with E-state index in [2.05, 4.69) is 10.9 Å². The number of fused-ring (bicyclic) bond motifs is 1. The van der Waals surface area contributed by atoms with Crippen LogP contribution >= 0.6 is 0 Å². The Hall–Kier alpha value is -2.36. The molecule has 102 valence electrons. The standard InChI is InChI=1S/C16H16N2O2/c1-16(12-7-3-2-4-8-12)14(19)11-6-5-9-13(10-11)17-18-15(16)20/h2-4,7-10,17H,5-6H2,1H3,(H,18,20). The summed E-state index contributed by atoms with van der Waals surface area (Å²) >= 11 is 0. The molecule has 0 spiro atoms. The summed E-state index contributed by atoms with van der Waals surface area (Å²) in [6.45, 7) is 1.69. The predicted octanol–water partition coefficient (Wildman–Crippen LogP) is 1.75. The van der Waals surface area contributed by atoms with E-state index in [4.69, 9.17) is 0 Å². The Morgan fingerprint density at radius 3 is 2.60 bits per heavy atom. The van der Waals surface area contributed by atoms with Gasteiger partial charge in [0.1, 0.15) is 5.41 Å². The molecule has 2 N–H and O–H groups in total. The first-order valence-corrected chi connectivity index (χ1v) is 6.70. The molecule has 0 aromatic heterocycles. The summed E-state index contributed by atoms with van der Waals surface area (Å²) < 4.78 is 0. The fourth-order valence-corrected chi connectivity index (χ4v) is 2.68. The number of carbonyl (C=O) groups is 2. The lowest BCUT2D eigenvalue weighted by atomic mass is 9.73. The van der Waals surface area contributed by atoms with Gasteiger partial charge in [0.2, 0.25) is 0 Å². The zero-order valence-corrected chi connectivity index (χ0v) is 11.3. The van der Waals surface area contributed by atoms with Crippen molar-refractivity contribution in [1.82, 2.24) is 10.9 Å². The predicted molar refractivity (Wildman–Crippen MR) is 75.5 cm³/mol. The molecule has 3 rings (SSSR count). The lowest BCUT2D eigenvalue weighted by molar-refractivity contribution is -0.134. The molecule has 20 heavy (non-hydrogen) atoms. The molecule has 2 aliphatic rings. The maximum absolute atomic E-state index is 12.9. The van der Waals surface area contributed by atoms with Crippen LogP contribution in [0.15, 0.2) is 53.8 Å². The monoisotopic (exact) mass is 268 g/mol. The third-order valence-corrected chi connectivity index (χ3v) is 3.98. The quantitative estimate of drug-likeness (QED) is 0.763. The van der Waals surface area contributed by atoms with Gasteiger partial charge in [-0.05, 0) is 37.0 Å². The first-order chi connectivity index (χ1) is 9.62. The fraction of sp³-hybridized carbons (Fsp3) is 0.250. The molecule has 0 fully saturated rings. The molecule has 1 atom stereocenters. The molecule has 2 bridgehead atoms. The van der Waals surface area contributed by atoms with Crippen molar-refractivity contribution in [2.45, 2.75) is 25.2 Å². The van der Waals surface area contributed by atoms with Crippen LogP contribution in [-0.2, 0) is 15.0 Å². The molecule has 0 radical (unpaired) electrons. The highest BCUT2D eigenvalue weighted by Crippen LogP contribution is 2.32. The number of hydrogen-bond acceptors (Lipinski definition) is 3. The van der Waals surface area contributed by atoms with Crippen LogP contribution in [0.2, 0.25) is 0 Å². The van der Waals surface area contributed by atoms with Crippen molar-refractivity contribution in [3.8, 4) is 0 Å². The summed E-state index contributed by atoms with van der Waals surface area (Å²) in [4.78, 5) is 25.3. The molecule has 1 amide bonds. The van der Waals surface area contributed by atoms with Crippen LogP contribution in [0.3, 0.4) is 0 Å². The van der Waals surface area contributed by atoms with E-state index in [1.165, 1.54) is 0 Å². The zero-order valence-electron chi connectivity index (χ0n) is 11.3. The van der Waals surface area contributed by atoms with Gasteiger partial charge < -0.3 is 0 Å². The minimum atomic E-state index is -1.19. The van der Waals surface area contributed by atoms with Gasteiger partial charge in [-0.3, -0.25) is 20.4 Å². The summed E-state index contributed by atoms with van der Waals surface area (Å²) in [6, 6.07) is 9.19. The van der Waals surface area contributed by atoms with Crippen LogP contribution in [-0.4, -0.2) is 11.7 Å². The van der Waals surface area contributed by atoms with Crippen LogP contribution < -0.4 is 10.9 Å². The van der Waals surface area contributed by atoms with Gasteiger partial charge in [-0.15, -0.1) is 0 Å². The SMILES string of the molecule is CC1(c2ccccc2)C(=O)NNC2=CCCC(=C2)C1=O. The van der Waals surface area contributed by atoms with Gasteiger partial charge in [-0.1, -0.05) is 36.4 Å². The molecule has 1 aromatic carbocycles. The number of allylic oxidation sites excluding steroid dienone is 3. The summed E-state index contributed by atoms with van der Waals surface area (Å²) in [7, 11) is 0. The Morgan fingerprint density at radius 2 is 1.85 bits per heavy atom. The number of ketones is 1. The fourth-order valence-electron chi connectivity index (χ4n) is 2.68. The summed E-state index contributed by atoms with van der Waals surface area (Å²) in [5.74, 6) is -0.444. The van der Waals surface area contributed by atoms with E-state index in [0.717, 1.165) is 12.1 Å². The molecule has 4 heteroatoms. The number of Topliss-reactive ketones (excluding diaryl/α,β-unsaturated/α-hetero) is 1. The zero-order chi connectivity index (χ0) is 14.2. The van der Waals surface area contributed by atoms with Crippen molar-refractivity contribution in [3.63, 3.8) is 0 Å². The van der Waals surface area contributed by atoms with Gasteiger partial charge in [0.25, 0.3) is 5.91 Å². The average Bonchev–Trinajstić information content (AvgIpc) is 2.51. The van der Waals surface area contributed by atoms with E-state index in [-0.39, 0.29) is 11.7 Å². The Morgan fingerprint density at radius 1 is 1.10 bits per heavy atom. The summed E-state index contributed by atoms with van der Waals surface area (Å²) in [5.41, 5.74) is 6.52. The van der Waals surface area contributed by atoms with Gasteiger partial charge in [0.05, 0.1) is 5.70 Å². The first kappa shape index (κ1) is 12.7. The topological polar surface area (TPSA) is 58.2 Å². The highest BCUT2D eigenvalue weighted by atomic mass is 16.2. The van der Waals surface area contributed by atoms with Crippen LogP contribution in [0, 0.1) is 0 Å². The highest BCUT2D eigenvalue weighted by molar-refractivity contribution is 6.18. The molecule has 4 nitrogen and oxygen atoms in total. The molecule has 0 saturated carbocycles. The number of amides is 1. The minimum Gasteiger partial charge on any atom is -0.299 e. The van der Waals surface area contributed by atoms with Gasteiger partial charge in [0.15, 0.2) is 5.78 Å². The molecule has 0 saturated heterocycles. The smallest absolute Gasteiger partial charge is 0.256 e. The number of rotatable bonds is 1. The van der Waals surface area contributed by atoms with Crippen molar-refractivity contribution in [1.29, 1.82) is 0 Å². The third-order valence-electron chi connectivity index (χ3n) is 3.98. The van der Waals surface area contributed by atoms with E-state index >= 15 is 0 Å². The van der Waals surface area contributed by atoms with E-state index in [0.29, 0.717) is 17.6 Å². The molecule has 1 unspecified atom stereocenters. The minimum absolute atomic E-state index is 0.117. The number of benzene rings is 1. The van der Waals surface area contributed by atoms with Crippen molar-refractivity contribution >= 4 is 11.7 Å². The first-order valence-electron chi connectivity index (χ1n) is 6.70. The number of hydrogen-bond donors (Lipinski definition) is 2. The van der Waals surface area contributed by atoms with E-state index in [1.807, 2.05) is 42.5 Å². The largest absolute Gasteiger partial charge is 0.299 e. The highest BCUT2D eigenvalue weighted by Gasteiger charge is 2.45. The Kier molecular flexibility index (Phi) is 2.93. The van der Waals surface area contributed by atoms with E-state index in [1.54, 1.807) is 6.92 Å². The Bertz CT molecular complexity index is 631. The molecule has 1 aromatic rings. The molecule has 1 aliphatic heterocycles. The lowest BCUT2D eigenvalue weighted by Gasteiger charge is -2.32. The van der Waals surface area contributed by atoms with Crippen LogP contribution in [0.25, 0.3) is 0 Å². The van der Waals surface area contributed by atoms with Crippen LogP contribution in [0.1, 0.15) is 25.3 Å². The number of nitrogens with one attached hydrogen (secondary N) is 2. The summed E-state index contributed by atoms with van der Waals surface area (Å²) in [5, 5.41) is 0. The van der Waals surface area contributed by atoms with Crippen LogP contribution in [0.4, 0.5) is 0 Å². The van der Waals surface area contributed by atoms with Crippen molar-refractivity contribution < 1.29 is 9.59 Å². The third kappa shape index (κ3) is 1.84. The van der Waals surface area contributed by atoms with Crippen LogP contribution in [0.5, 0.6) is 0 Å². The number of carbonyl (C=O) groups excluding carboxylic acids is 2. The maximum atomic E-state index is 12.9. The average molecular weight is 268 g/mol.